The van der Waals surface area contributed by atoms with Crippen molar-refractivity contribution in [1.82, 2.24) is 9.80 Å². The van der Waals surface area contributed by atoms with Crippen molar-refractivity contribution < 1.29 is 19.5 Å². The summed E-state index contributed by atoms with van der Waals surface area (Å²) < 4.78 is 0. The third-order valence-electron chi connectivity index (χ3n) is 4.39. The minimum absolute atomic E-state index is 0.0307. The molecule has 1 heterocycles. The number of halogens is 1. The molecule has 0 aromatic heterocycles. The Balaban J connectivity index is 1.90. The van der Waals surface area contributed by atoms with Crippen LogP contribution in [-0.4, -0.2) is 64.1 Å². The zero-order valence-corrected chi connectivity index (χ0v) is 16.3. The van der Waals surface area contributed by atoms with E-state index >= 15 is 0 Å². The maximum Gasteiger partial charge on any atom is 0.323 e. The van der Waals surface area contributed by atoms with E-state index in [9.17, 15) is 14.4 Å². The first-order valence-corrected chi connectivity index (χ1v) is 9.89. The highest BCUT2D eigenvalue weighted by Crippen LogP contribution is 2.27. The number of hydrogen-bond acceptors (Lipinski definition) is 4. The highest BCUT2D eigenvalue weighted by atomic mass is 35.5. The number of rotatable bonds is 6. The van der Waals surface area contributed by atoms with Gasteiger partial charge in [-0.05, 0) is 31.4 Å². The van der Waals surface area contributed by atoms with Gasteiger partial charge < -0.3 is 14.9 Å². The topological polar surface area (TPSA) is 77.9 Å². The largest absolute Gasteiger partial charge is 0.480 e. The van der Waals surface area contributed by atoms with Crippen molar-refractivity contribution in [2.75, 3.05) is 25.4 Å². The Morgan fingerprint density at radius 1 is 1.27 bits per heavy atom. The third kappa shape index (κ3) is 5.92. The molecule has 1 aromatic rings. The molecule has 2 rings (SSSR count). The van der Waals surface area contributed by atoms with Crippen LogP contribution in [0.2, 0.25) is 5.02 Å². The number of nitrogens with zero attached hydrogens (tertiary/aromatic N) is 2. The van der Waals surface area contributed by atoms with Gasteiger partial charge in [0.05, 0.1) is 10.8 Å². The first-order chi connectivity index (χ1) is 12.4. The molecule has 142 valence electrons. The Morgan fingerprint density at radius 2 is 2.00 bits per heavy atom. The van der Waals surface area contributed by atoms with E-state index in [2.05, 4.69) is 0 Å². The molecule has 0 spiro atoms. The monoisotopic (exact) mass is 398 g/mol. The zero-order chi connectivity index (χ0) is 19.1. The predicted octanol–water partition coefficient (Wildman–Crippen LogP) is 2.75. The van der Waals surface area contributed by atoms with Crippen LogP contribution >= 0.6 is 23.4 Å². The predicted molar refractivity (Wildman–Crippen MR) is 101 cm³/mol. The van der Waals surface area contributed by atoms with Gasteiger partial charge in [-0.1, -0.05) is 23.7 Å². The fourth-order valence-corrected chi connectivity index (χ4v) is 4.22. The molecule has 0 bridgehead atoms. The van der Waals surface area contributed by atoms with Crippen LogP contribution < -0.4 is 0 Å². The summed E-state index contributed by atoms with van der Waals surface area (Å²) >= 11 is 7.52. The van der Waals surface area contributed by atoms with Gasteiger partial charge in [-0.25, -0.2) is 0 Å². The van der Waals surface area contributed by atoms with E-state index < -0.39 is 5.97 Å². The van der Waals surface area contributed by atoms with Gasteiger partial charge in [-0.2, -0.15) is 0 Å². The van der Waals surface area contributed by atoms with Crippen molar-refractivity contribution in [3.05, 3.63) is 29.3 Å². The van der Waals surface area contributed by atoms with Crippen LogP contribution in [0.25, 0.3) is 0 Å². The van der Waals surface area contributed by atoms with Crippen LogP contribution in [-0.2, 0) is 14.4 Å². The summed E-state index contributed by atoms with van der Waals surface area (Å²) in [6.07, 6.45) is 2.04. The molecular formula is C18H23ClN2O4S. The number of benzene rings is 1. The van der Waals surface area contributed by atoms with E-state index in [1.165, 1.54) is 23.6 Å². The quantitative estimate of drug-likeness (QED) is 0.745. The summed E-state index contributed by atoms with van der Waals surface area (Å²) in [5.41, 5.74) is 0. The Labute approximate surface area is 162 Å². The van der Waals surface area contributed by atoms with E-state index in [4.69, 9.17) is 16.7 Å². The number of aliphatic carboxylic acids is 1. The lowest BCUT2D eigenvalue weighted by Crippen LogP contribution is -2.43. The number of carboxylic acids is 1. The second kappa shape index (κ2) is 9.83. The van der Waals surface area contributed by atoms with Crippen molar-refractivity contribution in [3.63, 3.8) is 0 Å². The smallest absolute Gasteiger partial charge is 0.323 e. The molecule has 1 aliphatic rings. The van der Waals surface area contributed by atoms with Gasteiger partial charge in [0.25, 0.3) is 0 Å². The van der Waals surface area contributed by atoms with Crippen LogP contribution in [0.3, 0.4) is 0 Å². The Bertz CT molecular complexity index is 670. The van der Waals surface area contributed by atoms with Crippen LogP contribution in [0.1, 0.15) is 26.2 Å². The maximum absolute atomic E-state index is 12.5. The first-order valence-electron chi connectivity index (χ1n) is 8.52. The van der Waals surface area contributed by atoms with Crippen molar-refractivity contribution >= 4 is 41.1 Å². The lowest BCUT2D eigenvalue weighted by molar-refractivity contribution is -0.145. The molecular weight excluding hydrogens is 376 g/mol. The number of amides is 2. The lowest BCUT2D eigenvalue weighted by Gasteiger charge is -2.28. The molecule has 6 nitrogen and oxygen atoms in total. The molecule has 26 heavy (non-hydrogen) atoms. The molecule has 1 aromatic carbocycles. The number of carboxylic acid groups (broad SMARTS) is 1. The summed E-state index contributed by atoms with van der Waals surface area (Å²) in [6.45, 7) is 2.24. The summed E-state index contributed by atoms with van der Waals surface area (Å²) in [7, 11) is 0. The summed E-state index contributed by atoms with van der Waals surface area (Å²) in [6, 6.07) is 7.27. The molecule has 8 heteroatoms. The molecule has 2 amide bonds. The standard InChI is InChI=1S/C18H23ClN2O4S/c1-13(22)21(11-18(24)25)14-5-4-9-20(10-8-14)17(23)12-26-16-7-3-2-6-15(16)19/h2-3,6-7,14H,4-5,8-12H2,1H3,(H,24,25). The zero-order valence-electron chi connectivity index (χ0n) is 14.7. The highest BCUT2D eigenvalue weighted by Gasteiger charge is 2.27. The van der Waals surface area contributed by atoms with Crippen LogP contribution in [0.4, 0.5) is 0 Å². The average Bonchev–Trinajstić information content (AvgIpc) is 2.84. The number of thioether (sulfide) groups is 1. The molecule has 0 radical (unpaired) electrons. The lowest BCUT2D eigenvalue weighted by atomic mass is 10.1. The van der Waals surface area contributed by atoms with Crippen LogP contribution in [0, 0.1) is 0 Å². The summed E-state index contributed by atoms with van der Waals surface area (Å²) in [5, 5.41) is 9.63. The average molecular weight is 399 g/mol. The van der Waals surface area contributed by atoms with Crippen LogP contribution in [0.15, 0.2) is 29.2 Å². The van der Waals surface area contributed by atoms with E-state index in [1.54, 1.807) is 11.0 Å². The maximum atomic E-state index is 12.5. The van der Waals surface area contributed by atoms with E-state index in [0.29, 0.717) is 36.7 Å². The minimum Gasteiger partial charge on any atom is -0.480 e. The second-order valence-corrected chi connectivity index (χ2v) is 7.65. The van der Waals surface area contributed by atoms with Gasteiger partial charge in [0, 0.05) is 31.0 Å². The van der Waals surface area contributed by atoms with Gasteiger partial charge >= 0.3 is 5.97 Å². The van der Waals surface area contributed by atoms with Crippen molar-refractivity contribution in [1.29, 1.82) is 0 Å². The van der Waals surface area contributed by atoms with Crippen molar-refractivity contribution in [2.45, 2.75) is 37.1 Å². The van der Waals surface area contributed by atoms with E-state index in [1.807, 2.05) is 18.2 Å². The normalized spacial score (nSPS) is 17.5. The van der Waals surface area contributed by atoms with Gasteiger partial charge in [0.1, 0.15) is 6.54 Å². The fraction of sp³-hybridized carbons (Fsp3) is 0.500. The molecule has 1 unspecified atom stereocenters. The molecule has 0 saturated carbocycles. The Kier molecular flexibility index (Phi) is 7.78. The van der Waals surface area contributed by atoms with Crippen molar-refractivity contribution in [3.8, 4) is 0 Å². The molecule has 0 aliphatic carbocycles. The minimum atomic E-state index is -1.02. The summed E-state index contributed by atoms with van der Waals surface area (Å²) in [4.78, 5) is 39.3. The number of carbonyl (C=O) groups excluding carboxylic acids is 2. The number of carbonyl (C=O) groups is 3. The summed E-state index contributed by atoms with van der Waals surface area (Å²) in [5.74, 6) is -0.928. The number of hydrogen-bond donors (Lipinski definition) is 1. The highest BCUT2D eigenvalue weighted by molar-refractivity contribution is 8.00. The molecule has 1 saturated heterocycles. The van der Waals surface area contributed by atoms with Gasteiger partial charge in [0.2, 0.25) is 11.8 Å². The van der Waals surface area contributed by atoms with E-state index in [0.717, 1.165) is 11.3 Å². The molecule has 1 aliphatic heterocycles. The van der Waals surface area contributed by atoms with Gasteiger partial charge in [-0.15, -0.1) is 11.8 Å². The third-order valence-corrected chi connectivity index (χ3v) is 5.89. The van der Waals surface area contributed by atoms with Gasteiger partial charge in [0.15, 0.2) is 0 Å². The Hall–Kier alpha value is -1.73. The fourth-order valence-electron chi connectivity index (χ4n) is 3.08. The van der Waals surface area contributed by atoms with Crippen molar-refractivity contribution in [2.24, 2.45) is 0 Å². The van der Waals surface area contributed by atoms with Gasteiger partial charge in [-0.3, -0.25) is 14.4 Å². The molecule has 1 N–H and O–H groups in total. The molecule has 1 atom stereocenters. The molecule has 1 fully saturated rings. The van der Waals surface area contributed by atoms with E-state index in [-0.39, 0.29) is 24.4 Å². The SMILES string of the molecule is CC(=O)N(CC(=O)O)C1CCCN(C(=O)CSc2ccccc2Cl)CC1. The Morgan fingerprint density at radius 3 is 2.65 bits per heavy atom. The van der Waals surface area contributed by atoms with Crippen LogP contribution in [0.5, 0.6) is 0 Å². The first kappa shape index (κ1) is 20.6. The second-order valence-electron chi connectivity index (χ2n) is 6.23. The number of likely N-dealkylation sites (tertiary alicyclic amines) is 1.